The number of carboxylic acid groups (broad SMARTS) is 1. The van der Waals surface area contributed by atoms with Crippen molar-refractivity contribution in [1.82, 2.24) is 0 Å². The Balaban J connectivity index is 3.85. The molecule has 0 radical (unpaired) electrons. The van der Waals surface area contributed by atoms with Gasteiger partial charge in [-0.3, -0.25) is 9.59 Å². The second kappa shape index (κ2) is 7.41. The largest absolute Gasteiger partial charge is 0.481 e. The topological polar surface area (TPSA) is 101 Å². The molecule has 0 aliphatic heterocycles. The van der Waals surface area contributed by atoms with E-state index in [-0.39, 0.29) is 25.4 Å². The molecule has 0 aliphatic rings. The van der Waals surface area contributed by atoms with Gasteiger partial charge in [-0.15, -0.1) is 0 Å². The summed E-state index contributed by atoms with van der Waals surface area (Å²) >= 11 is 0. The van der Waals surface area contributed by atoms with Crippen molar-refractivity contribution < 1.29 is 28.7 Å². The van der Waals surface area contributed by atoms with Crippen LogP contribution in [0.4, 0.5) is 0 Å². The Bertz CT molecular complexity index is 288. The van der Waals surface area contributed by atoms with E-state index >= 15 is 0 Å². The zero-order chi connectivity index (χ0) is 12.6. The minimum absolute atomic E-state index is 0.0474. The minimum Gasteiger partial charge on any atom is -0.481 e. The van der Waals surface area contributed by atoms with Gasteiger partial charge in [-0.1, -0.05) is 13.3 Å². The van der Waals surface area contributed by atoms with Crippen LogP contribution >= 0.6 is 7.60 Å². The third-order valence-corrected chi connectivity index (χ3v) is 3.18. The number of carboxylic acids is 1. The first kappa shape index (κ1) is 15.1. The predicted octanol–water partition coefficient (Wildman–Crippen LogP) is 1.77. The van der Waals surface area contributed by atoms with E-state index in [0.717, 1.165) is 6.42 Å². The maximum Gasteiger partial charge on any atom is 0.378 e. The lowest BCUT2D eigenvalue weighted by Gasteiger charge is -2.10. The number of rotatable bonds is 8. The van der Waals surface area contributed by atoms with Crippen molar-refractivity contribution in [1.29, 1.82) is 0 Å². The highest BCUT2D eigenvalue weighted by molar-refractivity contribution is 7.53. The Morgan fingerprint density at radius 2 is 1.88 bits per heavy atom. The Morgan fingerprint density at radius 3 is 2.38 bits per heavy atom. The molecule has 0 aromatic rings. The molecule has 0 amide bonds. The van der Waals surface area contributed by atoms with E-state index in [1.165, 1.54) is 0 Å². The van der Waals surface area contributed by atoms with Crippen LogP contribution in [0.1, 0.15) is 39.0 Å². The molecule has 0 saturated heterocycles. The van der Waals surface area contributed by atoms with E-state index in [0.29, 0.717) is 6.42 Å². The second-order valence-corrected chi connectivity index (χ2v) is 5.33. The summed E-state index contributed by atoms with van der Waals surface area (Å²) in [6, 6.07) is 0. The van der Waals surface area contributed by atoms with Crippen molar-refractivity contribution >= 4 is 19.5 Å². The average Bonchev–Trinajstić information content (AvgIpc) is 2.13. The van der Waals surface area contributed by atoms with Crippen molar-refractivity contribution in [3.05, 3.63) is 0 Å². The first-order valence-electron chi connectivity index (χ1n) is 5.13. The molecule has 0 heterocycles. The van der Waals surface area contributed by atoms with Crippen molar-refractivity contribution in [2.75, 3.05) is 6.16 Å². The summed E-state index contributed by atoms with van der Waals surface area (Å²) in [6.07, 6.45) is 1.01. The molecule has 0 saturated carbocycles. The molecule has 0 fully saturated rings. The maximum absolute atomic E-state index is 11.3. The van der Waals surface area contributed by atoms with Crippen LogP contribution in [-0.4, -0.2) is 28.1 Å². The average molecular weight is 252 g/mol. The van der Waals surface area contributed by atoms with Crippen molar-refractivity contribution in [2.24, 2.45) is 0 Å². The van der Waals surface area contributed by atoms with E-state index in [9.17, 15) is 19.0 Å². The molecule has 0 rings (SSSR count). The van der Waals surface area contributed by atoms with Gasteiger partial charge in [-0.2, -0.15) is 0 Å². The van der Waals surface area contributed by atoms with Gasteiger partial charge in [0.25, 0.3) is 0 Å². The maximum atomic E-state index is 11.3. The summed E-state index contributed by atoms with van der Waals surface area (Å²) < 4.78 is 15.7. The Morgan fingerprint density at radius 1 is 1.25 bits per heavy atom. The highest BCUT2D eigenvalue weighted by atomic mass is 31.2. The molecule has 0 spiro atoms. The van der Waals surface area contributed by atoms with E-state index in [1.807, 2.05) is 6.92 Å². The van der Waals surface area contributed by atoms with Crippen molar-refractivity contribution in [3.63, 3.8) is 0 Å². The summed E-state index contributed by atoms with van der Waals surface area (Å²) in [6.45, 7) is 1.86. The van der Waals surface area contributed by atoms with Crippen LogP contribution in [0.25, 0.3) is 0 Å². The third-order valence-electron chi connectivity index (χ3n) is 1.81. The van der Waals surface area contributed by atoms with Gasteiger partial charge in [0.15, 0.2) is 0 Å². The normalized spacial score (nSPS) is 14.1. The summed E-state index contributed by atoms with van der Waals surface area (Å²) in [5, 5.41) is 8.32. The van der Waals surface area contributed by atoms with Gasteiger partial charge in [0.05, 0.1) is 6.16 Å². The summed E-state index contributed by atoms with van der Waals surface area (Å²) in [5.74, 6) is -1.82. The van der Waals surface area contributed by atoms with Crippen LogP contribution in [0.5, 0.6) is 0 Å². The minimum atomic E-state index is -3.83. The lowest BCUT2D eigenvalue weighted by molar-refractivity contribution is -0.137. The molecule has 94 valence electrons. The van der Waals surface area contributed by atoms with Crippen LogP contribution in [0, 0.1) is 0 Å². The van der Waals surface area contributed by atoms with Crippen LogP contribution in [0.15, 0.2) is 0 Å². The molecule has 1 atom stereocenters. The smallest absolute Gasteiger partial charge is 0.378 e. The highest BCUT2D eigenvalue weighted by Crippen LogP contribution is 2.43. The number of carbonyl (C=O) groups is 2. The molecule has 0 aliphatic carbocycles. The van der Waals surface area contributed by atoms with Crippen LogP contribution in [-0.2, 0) is 18.7 Å². The Hall–Kier alpha value is -0.870. The fraction of sp³-hybridized carbons (Fsp3) is 0.778. The van der Waals surface area contributed by atoms with Crippen LogP contribution in [0.3, 0.4) is 0 Å². The molecule has 16 heavy (non-hydrogen) atoms. The predicted molar refractivity (Wildman–Crippen MR) is 57.2 cm³/mol. The fourth-order valence-electron chi connectivity index (χ4n) is 0.992. The fourth-order valence-corrected chi connectivity index (χ4v) is 2.21. The van der Waals surface area contributed by atoms with E-state index in [4.69, 9.17) is 5.11 Å². The molecule has 0 bridgehead atoms. The van der Waals surface area contributed by atoms with Gasteiger partial charge in [0.1, 0.15) is 0 Å². The van der Waals surface area contributed by atoms with Crippen LogP contribution < -0.4 is 0 Å². The Labute approximate surface area is 94.1 Å². The van der Waals surface area contributed by atoms with Gasteiger partial charge in [0.2, 0.25) is 0 Å². The van der Waals surface area contributed by atoms with Gasteiger partial charge >= 0.3 is 19.5 Å². The number of aliphatic carboxylic acids is 1. The molecule has 1 unspecified atom stereocenters. The quantitative estimate of drug-likeness (QED) is 0.638. The van der Waals surface area contributed by atoms with E-state index in [2.05, 4.69) is 4.52 Å². The monoisotopic (exact) mass is 252 g/mol. The van der Waals surface area contributed by atoms with E-state index in [1.54, 1.807) is 0 Å². The van der Waals surface area contributed by atoms with Gasteiger partial charge in [0, 0.05) is 12.8 Å². The van der Waals surface area contributed by atoms with Crippen molar-refractivity contribution in [3.8, 4) is 0 Å². The SMILES string of the molecule is CCCCP(=O)(O)OC(=O)CCCC(=O)O. The number of unbranched alkanes of at least 4 members (excludes halogenated alkanes) is 1. The summed E-state index contributed by atoms with van der Waals surface area (Å²) in [4.78, 5) is 30.4. The van der Waals surface area contributed by atoms with Crippen molar-refractivity contribution in [2.45, 2.75) is 39.0 Å². The van der Waals surface area contributed by atoms with Gasteiger partial charge in [-0.25, -0.2) is 4.57 Å². The molecule has 2 N–H and O–H groups in total. The molecular weight excluding hydrogens is 235 g/mol. The highest BCUT2D eigenvalue weighted by Gasteiger charge is 2.22. The summed E-state index contributed by atoms with van der Waals surface area (Å²) in [5.41, 5.74) is 0. The third kappa shape index (κ3) is 8.44. The van der Waals surface area contributed by atoms with Gasteiger partial charge < -0.3 is 14.5 Å². The number of carbonyl (C=O) groups excluding carboxylic acids is 1. The first-order valence-corrected chi connectivity index (χ1v) is 6.89. The lowest BCUT2D eigenvalue weighted by atomic mass is 10.2. The Kier molecular flexibility index (Phi) is 7.01. The first-order chi connectivity index (χ1) is 7.37. The standard InChI is InChI=1S/C9H17O6P/c1-2-3-7-16(13,14)15-9(12)6-4-5-8(10)11/h2-7H2,1H3,(H,10,11)(H,13,14). The lowest BCUT2D eigenvalue weighted by Crippen LogP contribution is -2.06. The molecule has 6 nitrogen and oxygen atoms in total. The van der Waals surface area contributed by atoms with E-state index < -0.39 is 19.5 Å². The number of hydrogen-bond donors (Lipinski definition) is 2. The number of hydrogen-bond acceptors (Lipinski definition) is 4. The zero-order valence-corrected chi connectivity index (χ0v) is 10.1. The molecule has 0 aromatic heterocycles. The van der Waals surface area contributed by atoms with Crippen LogP contribution in [0.2, 0.25) is 0 Å². The van der Waals surface area contributed by atoms with Gasteiger partial charge in [-0.05, 0) is 12.8 Å². The second-order valence-electron chi connectivity index (χ2n) is 3.43. The molecule has 0 aromatic carbocycles. The molecule has 7 heteroatoms. The summed E-state index contributed by atoms with van der Waals surface area (Å²) in [7, 11) is -3.83. The molecular formula is C9H17O6P. The zero-order valence-electron chi connectivity index (χ0n) is 9.22.